The van der Waals surface area contributed by atoms with Gasteiger partial charge in [0, 0.05) is 35.4 Å². The molecular formula is C20H22ClFN2O3. The van der Waals surface area contributed by atoms with Crippen molar-refractivity contribution in [3.05, 3.63) is 64.4 Å². The van der Waals surface area contributed by atoms with Gasteiger partial charge in [0.25, 0.3) is 5.91 Å². The van der Waals surface area contributed by atoms with Crippen LogP contribution in [0.5, 0.6) is 0 Å². The molecule has 27 heavy (non-hydrogen) atoms. The highest BCUT2D eigenvalue weighted by atomic mass is 35.5. The van der Waals surface area contributed by atoms with Crippen LogP contribution in [0.2, 0.25) is 5.02 Å². The summed E-state index contributed by atoms with van der Waals surface area (Å²) >= 11 is 6.02. The van der Waals surface area contributed by atoms with Crippen molar-refractivity contribution in [3.8, 4) is 0 Å². The Balaban J connectivity index is 2.11. The normalized spacial score (nSPS) is 11.0. The number of nitrogens with one attached hydrogen (secondary N) is 1. The van der Waals surface area contributed by atoms with Gasteiger partial charge in [-0.05, 0) is 51.1 Å². The lowest BCUT2D eigenvalue weighted by Crippen LogP contribution is -2.28. The molecule has 0 fully saturated rings. The summed E-state index contributed by atoms with van der Waals surface area (Å²) in [6.45, 7) is 5.30. The Bertz CT molecular complexity index is 829. The highest BCUT2D eigenvalue weighted by Crippen LogP contribution is 2.21. The van der Waals surface area contributed by atoms with Crippen LogP contribution < -0.4 is 5.32 Å². The molecule has 0 heterocycles. The summed E-state index contributed by atoms with van der Waals surface area (Å²) in [5.41, 5.74) is 0.389. The molecule has 2 aromatic rings. The van der Waals surface area contributed by atoms with E-state index in [9.17, 15) is 14.0 Å². The second-order valence-electron chi connectivity index (χ2n) is 7.07. The first-order chi connectivity index (χ1) is 12.6. The number of benzene rings is 2. The van der Waals surface area contributed by atoms with Gasteiger partial charge in [0.1, 0.15) is 11.4 Å². The standard InChI is InChI=1S/C20H22ClFN2O3/c1-20(2,3)27-19(26)23-14-8-5-7-13(11-14)18(25)24(4)12-15-16(21)9-6-10-17(15)22/h5-11H,12H2,1-4H3,(H,23,26). The molecule has 0 unspecified atom stereocenters. The van der Waals surface area contributed by atoms with Crippen molar-refractivity contribution in [2.75, 3.05) is 12.4 Å². The lowest BCUT2D eigenvalue weighted by atomic mass is 10.1. The Morgan fingerprint density at radius 3 is 2.48 bits per heavy atom. The summed E-state index contributed by atoms with van der Waals surface area (Å²) < 4.78 is 19.1. The molecular weight excluding hydrogens is 371 g/mol. The fourth-order valence-corrected chi connectivity index (χ4v) is 2.59. The van der Waals surface area contributed by atoms with Gasteiger partial charge in [-0.3, -0.25) is 10.1 Å². The van der Waals surface area contributed by atoms with Gasteiger partial charge in [0.05, 0.1) is 0 Å². The van der Waals surface area contributed by atoms with E-state index in [0.29, 0.717) is 11.3 Å². The van der Waals surface area contributed by atoms with Crippen molar-refractivity contribution in [2.24, 2.45) is 0 Å². The molecule has 0 aromatic heterocycles. The third-order valence-electron chi connectivity index (χ3n) is 3.56. The lowest BCUT2D eigenvalue weighted by molar-refractivity contribution is 0.0635. The molecule has 2 rings (SSSR count). The van der Waals surface area contributed by atoms with Gasteiger partial charge < -0.3 is 9.64 Å². The van der Waals surface area contributed by atoms with Crippen LogP contribution in [0.4, 0.5) is 14.9 Å². The van der Waals surface area contributed by atoms with Gasteiger partial charge in [0.2, 0.25) is 0 Å². The summed E-state index contributed by atoms with van der Waals surface area (Å²) in [5, 5.41) is 2.85. The van der Waals surface area contributed by atoms with Crippen LogP contribution in [0, 0.1) is 5.82 Å². The van der Waals surface area contributed by atoms with Crippen molar-refractivity contribution in [3.63, 3.8) is 0 Å². The molecule has 0 aliphatic heterocycles. The third kappa shape index (κ3) is 5.96. The Labute approximate surface area is 163 Å². The van der Waals surface area contributed by atoms with E-state index in [1.165, 1.54) is 23.1 Å². The Hall–Kier alpha value is -2.60. The van der Waals surface area contributed by atoms with Crippen LogP contribution >= 0.6 is 11.6 Å². The molecule has 0 atom stereocenters. The zero-order chi connectivity index (χ0) is 20.2. The highest BCUT2D eigenvalue weighted by molar-refractivity contribution is 6.31. The van der Waals surface area contributed by atoms with Gasteiger partial charge in [-0.1, -0.05) is 23.7 Å². The Morgan fingerprint density at radius 2 is 1.85 bits per heavy atom. The minimum atomic E-state index is -0.628. The number of rotatable bonds is 4. The summed E-state index contributed by atoms with van der Waals surface area (Å²) in [4.78, 5) is 25.9. The van der Waals surface area contributed by atoms with Crippen LogP contribution in [0.1, 0.15) is 36.7 Å². The largest absolute Gasteiger partial charge is 0.444 e. The van der Waals surface area contributed by atoms with Crippen LogP contribution in [-0.4, -0.2) is 29.5 Å². The number of hydrogen-bond donors (Lipinski definition) is 1. The maximum Gasteiger partial charge on any atom is 0.412 e. The SMILES string of the molecule is CN(Cc1c(F)cccc1Cl)C(=O)c1cccc(NC(=O)OC(C)(C)C)c1. The van der Waals surface area contributed by atoms with Crippen molar-refractivity contribution < 1.29 is 18.7 Å². The lowest BCUT2D eigenvalue weighted by Gasteiger charge is -2.20. The number of nitrogens with zero attached hydrogens (tertiary/aromatic N) is 1. The summed E-state index contributed by atoms with van der Waals surface area (Å²) in [7, 11) is 1.55. The zero-order valence-electron chi connectivity index (χ0n) is 15.7. The molecule has 0 saturated heterocycles. The molecule has 2 amide bonds. The maximum atomic E-state index is 13.9. The topological polar surface area (TPSA) is 58.6 Å². The molecule has 0 bridgehead atoms. The predicted octanol–water partition coefficient (Wildman–Crippen LogP) is 5.10. The van der Waals surface area contributed by atoms with Gasteiger partial charge in [-0.25, -0.2) is 9.18 Å². The number of hydrogen-bond acceptors (Lipinski definition) is 3. The molecule has 0 saturated carbocycles. The fourth-order valence-electron chi connectivity index (χ4n) is 2.36. The van der Waals surface area contributed by atoms with E-state index >= 15 is 0 Å². The second-order valence-corrected chi connectivity index (χ2v) is 7.48. The first-order valence-electron chi connectivity index (χ1n) is 8.35. The van der Waals surface area contributed by atoms with Crippen molar-refractivity contribution >= 4 is 29.3 Å². The molecule has 5 nitrogen and oxygen atoms in total. The number of carbonyl (C=O) groups excluding carboxylic acids is 2. The summed E-state index contributed by atoms with van der Waals surface area (Å²) in [6.07, 6.45) is -0.612. The van der Waals surface area contributed by atoms with E-state index < -0.39 is 17.5 Å². The van der Waals surface area contributed by atoms with Crippen LogP contribution in [0.25, 0.3) is 0 Å². The monoisotopic (exact) mass is 392 g/mol. The van der Waals surface area contributed by atoms with Gasteiger partial charge in [-0.2, -0.15) is 0 Å². The van der Waals surface area contributed by atoms with Crippen molar-refractivity contribution in [1.82, 2.24) is 4.90 Å². The molecule has 0 aliphatic carbocycles. The van der Waals surface area contributed by atoms with Gasteiger partial charge in [0.15, 0.2) is 0 Å². The minimum absolute atomic E-state index is 0.0219. The molecule has 144 valence electrons. The zero-order valence-corrected chi connectivity index (χ0v) is 16.4. The predicted molar refractivity (Wildman–Crippen MR) is 104 cm³/mol. The second kappa shape index (κ2) is 8.39. The average Bonchev–Trinajstić information content (AvgIpc) is 2.56. The third-order valence-corrected chi connectivity index (χ3v) is 3.91. The van der Waals surface area contributed by atoms with E-state index in [0.717, 1.165) is 0 Å². The number of amides is 2. The van der Waals surface area contributed by atoms with E-state index in [1.807, 2.05) is 0 Å². The van der Waals surface area contributed by atoms with Crippen molar-refractivity contribution in [2.45, 2.75) is 32.9 Å². The van der Waals surface area contributed by atoms with Crippen LogP contribution in [-0.2, 0) is 11.3 Å². The van der Waals surface area contributed by atoms with Crippen LogP contribution in [0.3, 0.4) is 0 Å². The number of halogens is 2. The molecule has 7 heteroatoms. The molecule has 2 aromatic carbocycles. The van der Waals surface area contributed by atoms with Gasteiger partial charge in [-0.15, -0.1) is 0 Å². The smallest absolute Gasteiger partial charge is 0.412 e. The van der Waals surface area contributed by atoms with Crippen LogP contribution in [0.15, 0.2) is 42.5 Å². The van der Waals surface area contributed by atoms with E-state index in [1.54, 1.807) is 52.1 Å². The van der Waals surface area contributed by atoms with E-state index in [4.69, 9.17) is 16.3 Å². The van der Waals surface area contributed by atoms with Gasteiger partial charge >= 0.3 is 6.09 Å². The maximum absolute atomic E-state index is 13.9. The Morgan fingerprint density at radius 1 is 1.19 bits per heavy atom. The first kappa shape index (κ1) is 20.7. The number of carbonyl (C=O) groups is 2. The summed E-state index contributed by atoms with van der Waals surface area (Å²) in [6, 6.07) is 10.8. The van der Waals surface area contributed by atoms with E-state index in [2.05, 4.69) is 5.32 Å². The quantitative estimate of drug-likeness (QED) is 0.787. The molecule has 0 radical (unpaired) electrons. The molecule has 0 spiro atoms. The fraction of sp³-hybridized carbons (Fsp3) is 0.300. The van der Waals surface area contributed by atoms with E-state index in [-0.39, 0.29) is 23.0 Å². The average molecular weight is 393 g/mol. The van der Waals surface area contributed by atoms with Crippen molar-refractivity contribution in [1.29, 1.82) is 0 Å². The molecule has 1 N–H and O–H groups in total. The Kier molecular flexibility index (Phi) is 6.44. The number of anilines is 1. The first-order valence-corrected chi connectivity index (χ1v) is 8.73. The highest BCUT2D eigenvalue weighted by Gasteiger charge is 2.18. The minimum Gasteiger partial charge on any atom is -0.444 e. The number of ether oxygens (including phenoxy) is 1. The summed E-state index contributed by atoms with van der Waals surface area (Å²) in [5.74, 6) is -0.801. The molecule has 0 aliphatic rings.